The van der Waals surface area contributed by atoms with Crippen molar-refractivity contribution in [3.63, 3.8) is 0 Å². The molecule has 0 saturated carbocycles. The number of sulfonamides is 1. The molecule has 0 aliphatic rings. The van der Waals surface area contributed by atoms with Crippen LogP contribution in [0.4, 0.5) is 0 Å². The predicted octanol–water partition coefficient (Wildman–Crippen LogP) is 0.802. The van der Waals surface area contributed by atoms with E-state index < -0.39 is 34.1 Å². The fourth-order valence-electron chi connectivity index (χ4n) is 1.90. The van der Waals surface area contributed by atoms with Crippen LogP contribution in [-0.4, -0.2) is 49.8 Å². The van der Waals surface area contributed by atoms with Gasteiger partial charge in [0, 0.05) is 10.1 Å². The molecule has 0 spiro atoms. The summed E-state index contributed by atoms with van der Waals surface area (Å²) in [6.45, 7) is 0.209. The zero-order chi connectivity index (χ0) is 18.1. The summed E-state index contributed by atoms with van der Waals surface area (Å²) in [4.78, 5) is 22.4. The minimum atomic E-state index is -4.26. The fourth-order valence-corrected chi connectivity index (χ4v) is 4.84. The Morgan fingerprint density at radius 2 is 1.96 bits per heavy atom. The number of hydrogen-bond donors (Lipinski definition) is 3. The van der Waals surface area contributed by atoms with Crippen LogP contribution in [0.5, 0.6) is 0 Å². The van der Waals surface area contributed by atoms with Gasteiger partial charge in [-0.2, -0.15) is 0 Å². The summed E-state index contributed by atoms with van der Waals surface area (Å²) in [5, 5.41) is 18.8. The van der Waals surface area contributed by atoms with E-state index in [4.69, 9.17) is 5.11 Å². The highest BCUT2D eigenvalue weighted by atomic mass is 32.2. The Labute approximate surface area is 141 Å². The number of carboxylic acid groups (broad SMARTS) is 1. The molecule has 24 heavy (non-hydrogen) atoms. The van der Waals surface area contributed by atoms with Crippen LogP contribution in [-0.2, 0) is 19.6 Å². The van der Waals surface area contributed by atoms with Crippen molar-refractivity contribution in [1.82, 2.24) is 4.72 Å². The summed E-state index contributed by atoms with van der Waals surface area (Å²) in [5.41, 5.74) is -2.29. The number of fused-ring (bicyclic) bond motifs is 1. The molecule has 10 heteroatoms. The first-order chi connectivity index (χ1) is 11.1. The third kappa shape index (κ3) is 3.41. The van der Waals surface area contributed by atoms with Crippen molar-refractivity contribution in [2.45, 2.75) is 17.4 Å². The molecule has 1 unspecified atom stereocenters. The number of aliphatic hydroxyl groups is 1. The smallest absolute Gasteiger partial charge is 0.349 e. The number of carboxylic acids is 1. The van der Waals surface area contributed by atoms with E-state index in [9.17, 15) is 23.1 Å². The van der Waals surface area contributed by atoms with Gasteiger partial charge in [0.1, 0.15) is 9.77 Å². The molecular formula is C14H15NO7S2. The van der Waals surface area contributed by atoms with Crippen molar-refractivity contribution in [1.29, 1.82) is 0 Å². The van der Waals surface area contributed by atoms with Crippen LogP contribution in [0.15, 0.2) is 29.2 Å². The quantitative estimate of drug-likeness (QED) is 0.639. The first-order valence-corrected chi connectivity index (χ1v) is 8.95. The molecule has 8 nitrogen and oxygen atoms in total. The van der Waals surface area contributed by atoms with Crippen molar-refractivity contribution < 1.29 is 33.0 Å². The van der Waals surface area contributed by atoms with Gasteiger partial charge in [-0.1, -0.05) is 18.2 Å². The van der Waals surface area contributed by atoms with Crippen molar-refractivity contribution in [2.75, 3.05) is 13.7 Å². The maximum absolute atomic E-state index is 12.6. The fraction of sp³-hybridized carbons (Fsp3) is 0.286. The Balaban J connectivity index is 2.53. The molecule has 2 aromatic rings. The number of methoxy groups -OCH3 is 1. The molecule has 0 aliphatic carbocycles. The highest BCUT2D eigenvalue weighted by molar-refractivity contribution is 7.90. The number of thiophene rings is 1. The Morgan fingerprint density at radius 1 is 1.33 bits per heavy atom. The Bertz CT molecular complexity index is 899. The summed E-state index contributed by atoms with van der Waals surface area (Å²) >= 11 is 0.951. The van der Waals surface area contributed by atoms with Gasteiger partial charge in [0.2, 0.25) is 10.0 Å². The standard InChI is InChI=1S/C14H15NO7S2/c1-14(19,13(17)18)7-15-24(20,21)11-8-5-3-4-6-9(8)23-10(11)12(16)22-2/h3-6,15,19H,7H2,1-2H3,(H,17,18). The second kappa shape index (κ2) is 6.48. The number of ether oxygens (including phenoxy) is 1. The number of nitrogens with one attached hydrogen (secondary N) is 1. The Kier molecular flexibility index (Phi) is 4.95. The van der Waals surface area contributed by atoms with E-state index in [1.807, 2.05) is 4.72 Å². The van der Waals surface area contributed by atoms with Crippen molar-refractivity contribution >= 4 is 43.4 Å². The van der Waals surface area contributed by atoms with Crippen molar-refractivity contribution in [2.24, 2.45) is 0 Å². The number of esters is 1. The van der Waals surface area contributed by atoms with Crippen LogP contribution in [0, 0.1) is 0 Å². The van der Waals surface area contributed by atoms with Crippen LogP contribution in [0.25, 0.3) is 10.1 Å². The zero-order valence-electron chi connectivity index (χ0n) is 12.8. The number of carbonyl (C=O) groups excluding carboxylic acids is 1. The van der Waals surface area contributed by atoms with Gasteiger partial charge in [-0.05, 0) is 13.0 Å². The second-order valence-electron chi connectivity index (χ2n) is 5.15. The van der Waals surface area contributed by atoms with E-state index in [1.54, 1.807) is 18.2 Å². The molecule has 0 radical (unpaired) electrons. The van der Waals surface area contributed by atoms with Crippen LogP contribution >= 0.6 is 11.3 Å². The lowest BCUT2D eigenvalue weighted by Gasteiger charge is -2.18. The minimum Gasteiger partial charge on any atom is -0.479 e. The lowest BCUT2D eigenvalue weighted by Crippen LogP contribution is -2.46. The van der Waals surface area contributed by atoms with E-state index >= 15 is 0 Å². The van der Waals surface area contributed by atoms with Gasteiger partial charge in [0.15, 0.2) is 5.60 Å². The summed E-state index contributed by atoms with van der Waals surface area (Å²) in [6, 6.07) is 6.49. The normalized spacial score (nSPS) is 14.3. The monoisotopic (exact) mass is 373 g/mol. The molecule has 1 aromatic carbocycles. The van der Waals surface area contributed by atoms with Crippen molar-refractivity contribution in [3.8, 4) is 0 Å². The van der Waals surface area contributed by atoms with Crippen LogP contribution < -0.4 is 4.72 Å². The van der Waals surface area contributed by atoms with Crippen LogP contribution in [0.2, 0.25) is 0 Å². The number of benzene rings is 1. The first kappa shape index (κ1) is 18.3. The molecule has 130 valence electrons. The highest BCUT2D eigenvalue weighted by Gasteiger charge is 2.34. The highest BCUT2D eigenvalue weighted by Crippen LogP contribution is 2.35. The molecular weight excluding hydrogens is 358 g/mol. The molecule has 1 aromatic heterocycles. The van der Waals surface area contributed by atoms with Gasteiger partial charge in [-0.15, -0.1) is 11.3 Å². The maximum atomic E-state index is 12.6. The van der Waals surface area contributed by atoms with E-state index in [0.717, 1.165) is 25.4 Å². The Hall–Kier alpha value is -2.01. The molecule has 1 atom stereocenters. The SMILES string of the molecule is COC(=O)c1sc2ccccc2c1S(=O)(=O)NCC(C)(O)C(=O)O. The number of aliphatic carboxylic acids is 1. The number of rotatable bonds is 6. The Morgan fingerprint density at radius 3 is 2.54 bits per heavy atom. The number of carbonyl (C=O) groups is 2. The zero-order valence-corrected chi connectivity index (χ0v) is 14.4. The van der Waals surface area contributed by atoms with Gasteiger partial charge >= 0.3 is 11.9 Å². The summed E-state index contributed by atoms with van der Waals surface area (Å²) in [5.74, 6) is -2.39. The molecule has 3 N–H and O–H groups in total. The third-order valence-corrected chi connectivity index (χ3v) is 6.02. The van der Waals surface area contributed by atoms with Gasteiger partial charge in [-0.25, -0.2) is 22.7 Å². The van der Waals surface area contributed by atoms with Gasteiger partial charge in [0.05, 0.1) is 13.7 Å². The number of hydrogen-bond acceptors (Lipinski definition) is 7. The molecule has 1 heterocycles. The summed E-state index contributed by atoms with van der Waals surface area (Å²) < 4.78 is 32.4. The lowest BCUT2D eigenvalue weighted by molar-refractivity contribution is -0.155. The molecule has 2 rings (SSSR count). The second-order valence-corrected chi connectivity index (χ2v) is 7.91. The maximum Gasteiger partial charge on any atom is 0.349 e. The summed E-state index contributed by atoms with van der Waals surface area (Å²) in [7, 11) is -3.13. The van der Waals surface area contributed by atoms with Crippen molar-refractivity contribution in [3.05, 3.63) is 29.1 Å². The molecule has 0 amide bonds. The molecule has 0 bridgehead atoms. The van der Waals surface area contributed by atoms with E-state index in [0.29, 0.717) is 10.1 Å². The van der Waals surface area contributed by atoms with Gasteiger partial charge in [0.25, 0.3) is 0 Å². The largest absolute Gasteiger partial charge is 0.479 e. The molecule has 0 saturated heterocycles. The van der Waals surface area contributed by atoms with Gasteiger partial charge in [-0.3, -0.25) is 0 Å². The average molecular weight is 373 g/mol. The molecule has 0 fully saturated rings. The third-order valence-electron chi connectivity index (χ3n) is 3.26. The average Bonchev–Trinajstić information content (AvgIpc) is 2.92. The lowest BCUT2D eigenvalue weighted by atomic mass is 10.1. The summed E-state index contributed by atoms with van der Waals surface area (Å²) in [6.07, 6.45) is 0. The molecule has 0 aliphatic heterocycles. The van der Waals surface area contributed by atoms with E-state index in [-0.39, 0.29) is 9.77 Å². The topological polar surface area (TPSA) is 130 Å². The van der Waals surface area contributed by atoms with E-state index in [2.05, 4.69) is 4.74 Å². The van der Waals surface area contributed by atoms with Crippen LogP contribution in [0.1, 0.15) is 16.6 Å². The van der Waals surface area contributed by atoms with Gasteiger partial charge < -0.3 is 14.9 Å². The first-order valence-electron chi connectivity index (χ1n) is 6.65. The predicted molar refractivity (Wildman–Crippen MR) is 86.6 cm³/mol. The minimum absolute atomic E-state index is 0.124. The van der Waals surface area contributed by atoms with Crippen LogP contribution in [0.3, 0.4) is 0 Å². The van der Waals surface area contributed by atoms with E-state index in [1.165, 1.54) is 6.07 Å².